The van der Waals surface area contributed by atoms with Crippen molar-refractivity contribution in [3.05, 3.63) is 81.2 Å². The molecule has 1 saturated heterocycles. The molecule has 10 nitrogen and oxygen atoms in total. The summed E-state index contributed by atoms with van der Waals surface area (Å²) in [7, 11) is 0. The summed E-state index contributed by atoms with van der Waals surface area (Å²) in [5.41, 5.74) is 1.25. The van der Waals surface area contributed by atoms with Crippen LogP contribution in [0.4, 0.5) is 10.5 Å². The molecule has 4 amide bonds. The molecule has 2 heterocycles. The van der Waals surface area contributed by atoms with Gasteiger partial charge in [0.2, 0.25) is 5.76 Å². The first-order valence-electron chi connectivity index (χ1n) is 11.1. The molecule has 4 rings (SSSR count). The third-order valence-electron chi connectivity index (χ3n) is 5.32. The van der Waals surface area contributed by atoms with Gasteiger partial charge in [-0.15, -0.1) is 0 Å². The van der Waals surface area contributed by atoms with Crippen LogP contribution in [-0.4, -0.2) is 35.5 Å². The number of carbonyl (C=O) groups excluding carboxylic acids is 3. The van der Waals surface area contributed by atoms with Crippen LogP contribution in [0.5, 0.6) is 11.5 Å². The lowest BCUT2D eigenvalue weighted by molar-refractivity contribution is -0.122. The molecule has 190 valence electrons. The Morgan fingerprint density at radius 2 is 1.86 bits per heavy atom. The summed E-state index contributed by atoms with van der Waals surface area (Å²) in [5.74, 6) is -1.97. The van der Waals surface area contributed by atoms with Gasteiger partial charge in [-0.2, -0.15) is 0 Å². The van der Waals surface area contributed by atoms with E-state index >= 15 is 0 Å². The second-order valence-corrected chi connectivity index (χ2v) is 8.80. The normalized spacial score (nSPS) is 14.6. The van der Waals surface area contributed by atoms with Crippen LogP contribution in [0.1, 0.15) is 34.4 Å². The van der Waals surface area contributed by atoms with Gasteiger partial charge in [0.1, 0.15) is 17.9 Å². The molecule has 2 N–H and O–H groups in total. The molecule has 1 aliphatic rings. The SMILES string of the molecule is CCOc1cc(C=C2C(=O)NC(=O)N(c3ccc(Br)cc3C)C2=O)ccc1OCc1ccc(C(=O)O)o1. The number of imide groups is 2. The molecule has 11 heteroatoms. The first-order valence-corrected chi connectivity index (χ1v) is 11.9. The number of anilines is 1. The second kappa shape index (κ2) is 10.7. The number of amides is 4. The topological polar surface area (TPSA) is 135 Å². The van der Waals surface area contributed by atoms with Crippen LogP contribution < -0.4 is 19.7 Å². The van der Waals surface area contributed by atoms with Crippen LogP contribution in [-0.2, 0) is 16.2 Å². The van der Waals surface area contributed by atoms with Crippen molar-refractivity contribution in [3.63, 3.8) is 0 Å². The molecular formula is C26H21BrN2O8. The van der Waals surface area contributed by atoms with Crippen molar-refractivity contribution in [2.24, 2.45) is 0 Å². The molecule has 2 aromatic carbocycles. The zero-order valence-corrected chi connectivity index (χ0v) is 21.3. The lowest BCUT2D eigenvalue weighted by Crippen LogP contribution is -2.54. The number of aryl methyl sites for hydroxylation is 1. The zero-order chi connectivity index (χ0) is 26.7. The van der Waals surface area contributed by atoms with E-state index in [2.05, 4.69) is 21.2 Å². The highest BCUT2D eigenvalue weighted by molar-refractivity contribution is 9.10. The molecule has 0 atom stereocenters. The monoisotopic (exact) mass is 568 g/mol. The number of rotatable bonds is 8. The van der Waals surface area contributed by atoms with Gasteiger partial charge in [0.25, 0.3) is 11.8 Å². The number of urea groups is 1. The summed E-state index contributed by atoms with van der Waals surface area (Å²) in [6.07, 6.45) is 1.36. The van der Waals surface area contributed by atoms with E-state index in [1.165, 1.54) is 18.2 Å². The van der Waals surface area contributed by atoms with E-state index in [0.717, 1.165) is 9.37 Å². The van der Waals surface area contributed by atoms with Crippen molar-refractivity contribution in [3.8, 4) is 11.5 Å². The maximum Gasteiger partial charge on any atom is 0.371 e. The van der Waals surface area contributed by atoms with Crippen molar-refractivity contribution in [2.45, 2.75) is 20.5 Å². The minimum absolute atomic E-state index is 0.0434. The molecule has 0 aliphatic carbocycles. The van der Waals surface area contributed by atoms with Gasteiger partial charge >= 0.3 is 12.0 Å². The van der Waals surface area contributed by atoms with Crippen LogP contribution in [0.3, 0.4) is 0 Å². The molecule has 0 saturated carbocycles. The van der Waals surface area contributed by atoms with Crippen molar-refractivity contribution in [2.75, 3.05) is 11.5 Å². The maximum absolute atomic E-state index is 13.2. The number of furan rings is 1. The average molecular weight is 569 g/mol. The maximum atomic E-state index is 13.2. The van der Waals surface area contributed by atoms with E-state index in [-0.39, 0.29) is 17.9 Å². The highest BCUT2D eigenvalue weighted by Gasteiger charge is 2.37. The lowest BCUT2D eigenvalue weighted by Gasteiger charge is -2.27. The fourth-order valence-electron chi connectivity index (χ4n) is 3.63. The number of barbiturate groups is 1. The Labute approximate surface area is 219 Å². The van der Waals surface area contributed by atoms with Crippen molar-refractivity contribution in [1.29, 1.82) is 0 Å². The first-order chi connectivity index (χ1) is 17.7. The van der Waals surface area contributed by atoms with Gasteiger partial charge in [-0.05, 0) is 73.5 Å². The molecule has 0 spiro atoms. The molecule has 3 aromatic rings. The minimum atomic E-state index is -1.18. The zero-order valence-electron chi connectivity index (χ0n) is 19.7. The molecular weight excluding hydrogens is 548 g/mol. The van der Waals surface area contributed by atoms with Gasteiger partial charge < -0.3 is 19.0 Å². The second-order valence-electron chi connectivity index (χ2n) is 7.89. The van der Waals surface area contributed by atoms with Gasteiger partial charge in [-0.1, -0.05) is 22.0 Å². The number of hydrogen-bond acceptors (Lipinski definition) is 7. The molecule has 0 bridgehead atoms. The average Bonchev–Trinajstić information content (AvgIpc) is 3.32. The van der Waals surface area contributed by atoms with Gasteiger partial charge in [0, 0.05) is 4.47 Å². The van der Waals surface area contributed by atoms with Crippen LogP contribution in [0.15, 0.2) is 63.0 Å². The number of nitrogens with one attached hydrogen (secondary N) is 1. The molecule has 1 fully saturated rings. The van der Waals surface area contributed by atoms with E-state index in [1.807, 2.05) is 0 Å². The number of carboxylic acids is 1. The fourth-order valence-corrected chi connectivity index (χ4v) is 4.11. The van der Waals surface area contributed by atoms with Gasteiger partial charge in [0.05, 0.1) is 12.3 Å². The Hall–Kier alpha value is -4.38. The van der Waals surface area contributed by atoms with Crippen molar-refractivity contribution < 1.29 is 38.2 Å². The predicted molar refractivity (Wildman–Crippen MR) is 135 cm³/mol. The van der Waals surface area contributed by atoms with E-state index < -0.39 is 23.8 Å². The van der Waals surface area contributed by atoms with Gasteiger partial charge in [-0.25, -0.2) is 14.5 Å². The number of carboxylic acid groups (broad SMARTS) is 1. The Balaban J connectivity index is 1.61. The highest BCUT2D eigenvalue weighted by atomic mass is 79.9. The number of ether oxygens (including phenoxy) is 2. The summed E-state index contributed by atoms with van der Waals surface area (Å²) in [4.78, 5) is 50.2. The molecule has 0 unspecified atom stereocenters. The summed E-state index contributed by atoms with van der Waals surface area (Å²) in [6, 6.07) is 11.8. The Bertz CT molecular complexity index is 1440. The van der Waals surface area contributed by atoms with E-state index in [1.54, 1.807) is 50.2 Å². The third kappa shape index (κ3) is 5.56. The van der Waals surface area contributed by atoms with E-state index in [9.17, 15) is 19.2 Å². The molecule has 0 radical (unpaired) electrons. The third-order valence-corrected chi connectivity index (χ3v) is 5.82. The summed E-state index contributed by atoms with van der Waals surface area (Å²) in [5, 5.41) is 11.2. The number of nitrogens with zero attached hydrogens (tertiary/aromatic N) is 1. The lowest BCUT2D eigenvalue weighted by atomic mass is 10.1. The summed E-state index contributed by atoms with van der Waals surface area (Å²) >= 11 is 3.35. The smallest absolute Gasteiger partial charge is 0.371 e. The minimum Gasteiger partial charge on any atom is -0.490 e. The number of hydrogen-bond donors (Lipinski definition) is 2. The van der Waals surface area contributed by atoms with E-state index in [0.29, 0.717) is 40.7 Å². The fraction of sp³-hybridized carbons (Fsp3) is 0.154. The predicted octanol–water partition coefficient (Wildman–Crippen LogP) is 4.69. The number of halogens is 1. The largest absolute Gasteiger partial charge is 0.490 e. The number of benzene rings is 2. The summed E-state index contributed by atoms with van der Waals surface area (Å²) in [6.45, 7) is 3.80. The quantitative estimate of drug-likeness (QED) is 0.295. The highest BCUT2D eigenvalue weighted by Crippen LogP contribution is 2.32. The first kappa shape index (κ1) is 25.7. The van der Waals surface area contributed by atoms with Gasteiger partial charge in [-0.3, -0.25) is 14.9 Å². The van der Waals surface area contributed by atoms with Crippen molar-refractivity contribution >= 4 is 51.5 Å². The van der Waals surface area contributed by atoms with Crippen LogP contribution in [0.2, 0.25) is 0 Å². The Morgan fingerprint density at radius 1 is 1.08 bits per heavy atom. The number of aromatic carboxylic acids is 1. The Kier molecular flexibility index (Phi) is 7.44. The van der Waals surface area contributed by atoms with E-state index in [4.69, 9.17) is 19.0 Å². The van der Waals surface area contributed by atoms with Crippen LogP contribution >= 0.6 is 15.9 Å². The van der Waals surface area contributed by atoms with Crippen molar-refractivity contribution in [1.82, 2.24) is 5.32 Å². The molecule has 1 aliphatic heterocycles. The number of carbonyl (C=O) groups is 4. The standard InChI is InChI=1S/C26H21BrN2O8/c1-3-35-22-12-15(4-8-20(22)36-13-17-6-9-21(37-17)25(32)33)11-18-23(30)28-26(34)29(24(18)31)19-7-5-16(27)10-14(19)2/h4-12H,3,13H2,1-2H3,(H,32,33)(H,28,30,34). The Morgan fingerprint density at radius 3 is 2.54 bits per heavy atom. The van der Waals surface area contributed by atoms with Crippen LogP contribution in [0, 0.1) is 6.92 Å². The van der Waals surface area contributed by atoms with Crippen LogP contribution in [0.25, 0.3) is 6.08 Å². The van der Waals surface area contributed by atoms with Gasteiger partial charge in [0.15, 0.2) is 11.5 Å². The molecule has 1 aromatic heterocycles. The summed E-state index contributed by atoms with van der Waals surface area (Å²) < 4.78 is 17.4. The molecule has 37 heavy (non-hydrogen) atoms.